The molecule has 2 aromatic carbocycles. The molecule has 1 aromatic heterocycles. The number of rotatable bonds is 6. The summed E-state index contributed by atoms with van der Waals surface area (Å²) in [4.78, 5) is 29.0. The zero-order valence-corrected chi connectivity index (χ0v) is 19.9. The van der Waals surface area contributed by atoms with Gasteiger partial charge in [-0.1, -0.05) is 30.2 Å². The molecule has 33 heavy (non-hydrogen) atoms. The summed E-state index contributed by atoms with van der Waals surface area (Å²) in [6.45, 7) is 2.53. The first kappa shape index (κ1) is 23.3. The molecule has 1 saturated heterocycles. The predicted octanol–water partition coefficient (Wildman–Crippen LogP) is 3.96. The van der Waals surface area contributed by atoms with Gasteiger partial charge in [-0.15, -0.1) is 0 Å². The van der Waals surface area contributed by atoms with E-state index in [1.807, 2.05) is 25.1 Å². The molecule has 4 rings (SSSR count). The molecule has 1 aliphatic rings. The minimum atomic E-state index is -3.59. The second-order valence-electron chi connectivity index (χ2n) is 7.96. The average molecular weight is 488 g/mol. The maximum atomic E-state index is 12.8. The molecule has 0 bridgehead atoms. The van der Waals surface area contributed by atoms with Crippen LogP contribution >= 0.6 is 11.3 Å². The lowest BCUT2D eigenvalue weighted by atomic mass is 10.2. The number of sulfonamides is 1. The Bertz CT molecular complexity index is 1260. The van der Waals surface area contributed by atoms with Crippen LogP contribution in [-0.2, 0) is 19.6 Å². The van der Waals surface area contributed by atoms with E-state index in [0.29, 0.717) is 18.2 Å². The van der Waals surface area contributed by atoms with Gasteiger partial charge in [0.25, 0.3) is 5.91 Å². The van der Waals surface area contributed by atoms with Gasteiger partial charge in [-0.2, -0.15) is 4.31 Å². The highest BCUT2D eigenvalue weighted by molar-refractivity contribution is 7.89. The summed E-state index contributed by atoms with van der Waals surface area (Å²) in [6, 6.07) is 11.4. The molecule has 0 spiro atoms. The van der Waals surface area contributed by atoms with E-state index in [9.17, 15) is 18.0 Å². The van der Waals surface area contributed by atoms with E-state index in [1.165, 1.54) is 39.9 Å². The monoisotopic (exact) mass is 487 g/mol. The number of aromatic nitrogens is 1. The second-order valence-corrected chi connectivity index (χ2v) is 10.9. The van der Waals surface area contributed by atoms with Gasteiger partial charge in [-0.05, 0) is 61.7 Å². The van der Waals surface area contributed by atoms with E-state index in [0.717, 1.165) is 41.5 Å². The number of carbonyl (C=O) groups is 2. The van der Waals surface area contributed by atoms with Crippen molar-refractivity contribution in [3.8, 4) is 0 Å². The molecule has 8 nitrogen and oxygen atoms in total. The van der Waals surface area contributed by atoms with Crippen LogP contribution in [0.3, 0.4) is 0 Å². The van der Waals surface area contributed by atoms with Gasteiger partial charge >= 0.3 is 5.97 Å². The highest BCUT2D eigenvalue weighted by atomic mass is 32.2. The van der Waals surface area contributed by atoms with Crippen LogP contribution in [0.2, 0.25) is 0 Å². The third kappa shape index (κ3) is 5.58. The Hall–Kier alpha value is -2.82. The molecule has 0 unspecified atom stereocenters. The summed E-state index contributed by atoms with van der Waals surface area (Å²) in [5, 5.41) is 3.06. The predicted molar refractivity (Wildman–Crippen MR) is 127 cm³/mol. The van der Waals surface area contributed by atoms with Crippen molar-refractivity contribution < 1.29 is 22.7 Å². The molecular weight excluding hydrogens is 462 g/mol. The first-order chi connectivity index (χ1) is 15.8. The van der Waals surface area contributed by atoms with Crippen molar-refractivity contribution in [3.05, 3.63) is 53.6 Å². The summed E-state index contributed by atoms with van der Waals surface area (Å²) in [5.41, 5.74) is 2.06. The average Bonchev–Trinajstić information content (AvgIpc) is 2.99. The van der Waals surface area contributed by atoms with E-state index in [-0.39, 0.29) is 10.5 Å². The number of hydrogen-bond donors (Lipinski definition) is 1. The molecule has 2 heterocycles. The van der Waals surface area contributed by atoms with Crippen molar-refractivity contribution >= 4 is 48.6 Å². The van der Waals surface area contributed by atoms with Crippen LogP contribution in [0.4, 0.5) is 5.13 Å². The van der Waals surface area contributed by atoms with Crippen molar-refractivity contribution in [2.24, 2.45) is 0 Å². The number of esters is 1. The number of anilines is 1. The summed E-state index contributed by atoms with van der Waals surface area (Å²) in [5.74, 6) is -1.21. The number of nitrogens with one attached hydrogen (secondary N) is 1. The maximum Gasteiger partial charge on any atom is 0.338 e. The van der Waals surface area contributed by atoms with Gasteiger partial charge in [0, 0.05) is 13.1 Å². The zero-order chi connectivity index (χ0) is 23.4. The summed E-state index contributed by atoms with van der Waals surface area (Å²) >= 11 is 1.34. The Morgan fingerprint density at radius 2 is 1.76 bits per heavy atom. The van der Waals surface area contributed by atoms with E-state index in [1.54, 1.807) is 0 Å². The van der Waals surface area contributed by atoms with Gasteiger partial charge in [0.05, 0.1) is 20.7 Å². The van der Waals surface area contributed by atoms with Gasteiger partial charge in [0.15, 0.2) is 11.7 Å². The Kier molecular flexibility index (Phi) is 7.06. The van der Waals surface area contributed by atoms with Gasteiger partial charge in [0.1, 0.15) is 0 Å². The number of nitrogens with zero attached hydrogens (tertiary/aromatic N) is 2. The quantitative estimate of drug-likeness (QED) is 0.528. The number of benzene rings is 2. The molecule has 0 saturated carbocycles. The van der Waals surface area contributed by atoms with Gasteiger partial charge < -0.3 is 4.74 Å². The third-order valence-electron chi connectivity index (χ3n) is 5.42. The fraction of sp³-hybridized carbons (Fsp3) is 0.348. The molecule has 1 amide bonds. The molecule has 174 valence electrons. The highest BCUT2D eigenvalue weighted by Gasteiger charge is 2.25. The van der Waals surface area contributed by atoms with Gasteiger partial charge in [-0.3, -0.25) is 10.1 Å². The molecule has 0 radical (unpaired) electrons. The second kappa shape index (κ2) is 9.98. The van der Waals surface area contributed by atoms with Crippen LogP contribution in [0.25, 0.3) is 10.2 Å². The third-order valence-corrected chi connectivity index (χ3v) is 8.26. The topological polar surface area (TPSA) is 106 Å². The minimum Gasteiger partial charge on any atom is -0.452 e. The standard InChI is InChI=1S/C23H25N3O5S2/c1-16-6-11-19-20(14-16)32-23(24-19)25-21(27)15-31-22(28)17-7-9-18(10-8-17)33(29,30)26-12-4-2-3-5-13-26/h6-11,14H,2-5,12-13,15H2,1H3,(H,24,25,27). The fourth-order valence-corrected chi connectivity index (χ4v) is 6.15. The van der Waals surface area contributed by atoms with Crippen LogP contribution in [0, 0.1) is 6.92 Å². The summed E-state index contributed by atoms with van der Waals surface area (Å²) in [7, 11) is -3.59. The maximum absolute atomic E-state index is 12.8. The van der Waals surface area contributed by atoms with E-state index in [2.05, 4.69) is 10.3 Å². The number of carbonyl (C=O) groups excluding carboxylic acids is 2. The first-order valence-electron chi connectivity index (χ1n) is 10.8. The van der Waals surface area contributed by atoms with Crippen LogP contribution in [0.1, 0.15) is 41.6 Å². The zero-order valence-electron chi connectivity index (χ0n) is 18.2. The van der Waals surface area contributed by atoms with Crippen LogP contribution in [0.15, 0.2) is 47.4 Å². The summed E-state index contributed by atoms with van der Waals surface area (Å²) < 4.78 is 33.2. The number of hydrogen-bond acceptors (Lipinski definition) is 7. The number of fused-ring (bicyclic) bond motifs is 1. The summed E-state index contributed by atoms with van der Waals surface area (Å²) in [6.07, 6.45) is 3.76. The van der Waals surface area contributed by atoms with E-state index in [4.69, 9.17) is 4.74 Å². The minimum absolute atomic E-state index is 0.143. The van der Waals surface area contributed by atoms with Crippen LogP contribution < -0.4 is 5.32 Å². The van der Waals surface area contributed by atoms with Crippen LogP contribution in [-0.4, -0.2) is 49.3 Å². The molecule has 0 atom stereocenters. The molecule has 10 heteroatoms. The van der Waals surface area contributed by atoms with Gasteiger partial charge in [-0.25, -0.2) is 18.2 Å². The fourth-order valence-electron chi connectivity index (χ4n) is 3.65. The van der Waals surface area contributed by atoms with Crippen molar-refractivity contribution in [2.75, 3.05) is 25.0 Å². The Balaban J connectivity index is 1.33. The molecule has 0 aliphatic carbocycles. The SMILES string of the molecule is Cc1ccc2nc(NC(=O)COC(=O)c3ccc(S(=O)(=O)N4CCCCCC4)cc3)sc2c1. The van der Waals surface area contributed by atoms with Crippen molar-refractivity contribution in [1.29, 1.82) is 0 Å². The van der Waals surface area contributed by atoms with E-state index >= 15 is 0 Å². The first-order valence-corrected chi connectivity index (χ1v) is 13.0. The number of ether oxygens (including phenoxy) is 1. The van der Waals surface area contributed by atoms with Crippen molar-refractivity contribution in [3.63, 3.8) is 0 Å². The molecular formula is C23H25N3O5S2. The molecule has 1 aliphatic heterocycles. The van der Waals surface area contributed by atoms with Crippen molar-refractivity contribution in [2.45, 2.75) is 37.5 Å². The largest absolute Gasteiger partial charge is 0.452 e. The lowest BCUT2D eigenvalue weighted by Crippen LogP contribution is -2.31. The highest BCUT2D eigenvalue weighted by Crippen LogP contribution is 2.26. The molecule has 1 fully saturated rings. The van der Waals surface area contributed by atoms with E-state index < -0.39 is 28.5 Å². The Morgan fingerprint density at radius 3 is 2.45 bits per heavy atom. The molecule has 3 aromatic rings. The molecule has 1 N–H and O–H groups in total. The number of amides is 1. The smallest absolute Gasteiger partial charge is 0.338 e. The van der Waals surface area contributed by atoms with Crippen LogP contribution in [0.5, 0.6) is 0 Å². The number of thiazole rings is 1. The number of aryl methyl sites for hydroxylation is 1. The Labute approximate surface area is 196 Å². The van der Waals surface area contributed by atoms with Gasteiger partial charge in [0.2, 0.25) is 10.0 Å². The normalized spacial score (nSPS) is 15.2. The van der Waals surface area contributed by atoms with Crippen molar-refractivity contribution in [1.82, 2.24) is 9.29 Å². The lowest BCUT2D eigenvalue weighted by molar-refractivity contribution is -0.119. The Morgan fingerprint density at radius 1 is 1.06 bits per heavy atom. The lowest BCUT2D eigenvalue weighted by Gasteiger charge is -2.19.